The number of aromatic hydroxyl groups is 2. The molecule has 0 heterocycles. The lowest BCUT2D eigenvalue weighted by atomic mass is 10.0. The Morgan fingerprint density at radius 1 is 0.271 bits per heavy atom. The molecule has 0 amide bonds. The molecule has 0 saturated carbocycles. The number of fused-ring (bicyclic) bond motifs is 2. The SMILES string of the molecule is O=C(O)c1ccc(C(=O)Oc2ccc(-c3ccc(OC(=O)c4ccc5cc(O)ccc5c4)cc3)cc2)cc1.O=C(O)c1ccc2cc(C(=O)Oc3ccc(OC(=O)c4ccc(O)cc4)cc3)ccc2c1. The Morgan fingerprint density at radius 3 is 0.943 bits per heavy atom. The van der Waals surface area contributed by atoms with Gasteiger partial charge in [-0.05, 0) is 178 Å². The van der Waals surface area contributed by atoms with Crippen LogP contribution in [0.15, 0.2) is 194 Å². The second kappa shape index (κ2) is 20.6. The minimum atomic E-state index is -1.07. The molecule has 9 rings (SSSR count). The summed E-state index contributed by atoms with van der Waals surface area (Å²) in [5, 5.41) is 40.0. The summed E-state index contributed by atoms with van der Waals surface area (Å²) in [4.78, 5) is 71.6. The molecule has 0 aliphatic rings. The van der Waals surface area contributed by atoms with E-state index in [1.807, 2.05) is 12.1 Å². The van der Waals surface area contributed by atoms with Crippen LogP contribution < -0.4 is 18.9 Å². The number of carbonyl (C=O) groups is 6. The number of carboxylic acids is 2. The van der Waals surface area contributed by atoms with Crippen LogP contribution in [0.25, 0.3) is 32.7 Å². The number of esters is 4. The Morgan fingerprint density at radius 2 is 0.543 bits per heavy atom. The van der Waals surface area contributed by atoms with Gasteiger partial charge in [-0.3, -0.25) is 0 Å². The zero-order valence-electron chi connectivity index (χ0n) is 36.3. The van der Waals surface area contributed by atoms with Gasteiger partial charge in [0.2, 0.25) is 0 Å². The van der Waals surface area contributed by atoms with Gasteiger partial charge in [0.05, 0.1) is 33.4 Å². The van der Waals surface area contributed by atoms with Gasteiger partial charge in [-0.15, -0.1) is 0 Å². The third-order valence-corrected chi connectivity index (χ3v) is 10.6. The normalized spacial score (nSPS) is 10.6. The Kier molecular flexibility index (Phi) is 13.7. The van der Waals surface area contributed by atoms with Crippen LogP contribution in [0.3, 0.4) is 0 Å². The maximum Gasteiger partial charge on any atom is 0.343 e. The van der Waals surface area contributed by atoms with E-state index >= 15 is 0 Å². The Hall–Kier alpha value is -10.1. The van der Waals surface area contributed by atoms with E-state index in [0.29, 0.717) is 33.4 Å². The van der Waals surface area contributed by atoms with Gasteiger partial charge in [0, 0.05) is 0 Å². The zero-order valence-corrected chi connectivity index (χ0v) is 36.3. The maximum atomic E-state index is 12.6. The summed E-state index contributed by atoms with van der Waals surface area (Å²) in [7, 11) is 0. The highest BCUT2D eigenvalue weighted by atomic mass is 16.5. The van der Waals surface area contributed by atoms with E-state index in [-0.39, 0.29) is 45.3 Å². The average Bonchev–Trinajstić information content (AvgIpc) is 3.37. The van der Waals surface area contributed by atoms with E-state index in [0.717, 1.165) is 21.9 Å². The van der Waals surface area contributed by atoms with Gasteiger partial charge in [0.15, 0.2) is 0 Å². The molecule has 0 bridgehead atoms. The highest BCUT2D eigenvalue weighted by Gasteiger charge is 2.15. The molecular formula is C56H36O14. The van der Waals surface area contributed by atoms with Crippen molar-refractivity contribution < 1.29 is 68.1 Å². The predicted octanol–water partition coefficient (Wildman–Crippen LogP) is 11.0. The molecule has 0 atom stereocenters. The molecule has 4 N–H and O–H groups in total. The number of aromatic carboxylic acids is 2. The standard InChI is InChI=1S/C31H20O7.C25H16O7/c32-26-12-7-23-17-25(6-5-24(23)18-26)31(36)38-28-15-10-20(11-16-28)19-8-13-27(14-9-19)37-30(35)22-3-1-21(2-4-22)29(33)34;26-20-7-5-15(6-8-20)24(29)31-21-9-11-22(12-10-21)32-25(30)19-4-2-16-13-18(23(27)28)3-1-17(16)14-19/h1-18,32H,(H,33,34);1-14,26H,(H,27,28). The van der Waals surface area contributed by atoms with Crippen LogP contribution in [0.5, 0.6) is 34.5 Å². The van der Waals surface area contributed by atoms with E-state index in [1.165, 1.54) is 84.9 Å². The summed E-state index contributed by atoms with van der Waals surface area (Å²) in [6.45, 7) is 0. The van der Waals surface area contributed by atoms with E-state index in [2.05, 4.69) is 0 Å². The number of carboxylic acid groups (broad SMARTS) is 2. The topological polar surface area (TPSA) is 220 Å². The summed E-state index contributed by atoms with van der Waals surface area (Å²) in [5.74, 6) is -2.86. The largest absolute Gasteiger partial charge is 0.508 e. The minimum Gasteiger partial charge on any atom is -0.508 e. The first-order chi connectivity index (χ1) is 33.7. The van der Waals surface area contributed by atoms with E-state index in [1.54, 1.807) is 97.1 Å². The lowest BCUT2D eigenvalue weighted by Crippen LogP contribution is -2.09. The number of hydrogen-bond donors (Lipinski definition) is 4. The third-order valence-electron chi connectivity index (χ3n) is 10.6. The molecule has 0 saturated heterocycles. The van der Waals surface area contributed by atoms with Crippen LogP contribution >= 0.6 is 0 Å². The van der Waals surface area contributed by atoms with Crippen LogP contribution in [0, 0.1) is 0 Å². The van der Waals surface area contributed by atoms with E-state index in [4.69, 9.17) is 29.2 Å². The predicted molar refractivity (Wildman–Crippen MR) is 256 cm³/mol. The number of benzene rings is 9. The number of carbonyl (C=O) groups excluding carboxylic acids is 4. The molecular weight excluding hydrogens is 897 g/mol. The van der Waals surface area contributed by atoms with Crippen molar-refractivity contribution in [1.82, 2.24) is 0 Å². The van der Waals surface area contributed by atoms with Crippen molar-refractivity contribution in [2.75, 3.05) is 0 Å². The fraction of sp³-hybridized carbons (Fsp3) is 0. The van der Waals surface area contributed by atoms with Crippen molar-refractivity contribution >= 4 is 57.4 Å². The summed E-state index contributed by atoms with van der Waals surface area (Å²) >= 11 is 0. The smallest absolute Gasteiger partial charge is 0.343 e. The quantitative estimate of drug-likeness (QED) is 0.0700. The molecule has 0 aliphatic heterocycles. The van der Waals surface area contributed by atoms with Gasteiger partial charge >= 0.3 is 35.8 Å². The van der Waals surface area contributed by atoms with Crippen molar-refractivity contribution in [2.45, 2.75) is 0 Å². The molecule has 0 aliphatic carbocycles. The molecule has 0 spiro atoms. The Labute approximate surface area is 397 Å². The van der Waals surface area contributed by atoms with Crippen LogP contribution in [0.2, 0.25) is 0 Å². The third kappa shape index (κ3) is 11.5. The maximum absolute atomic E-state index is 12.6. The molecule has 70 heavy (non-hydrogen) atoms. The molecule has 0 fully saturated rings. The highest BCUT2D eigenvalue weighted by molar-refractivity contribution is 6.00. The second-order valence-electron chi connectivity index (χ2n) is 15.3. The summed E-state index contributed by atoms with van der Waals surface area (Å²) in [5.41, 5.74) is 3.22. The molecule has 344 valence electrons. The number of hydrogen-bond acceptors (Lipinski definition) is 12. The number of rotatable bonds is 11. The summed E-state index contributed by atoms with van der Waals surface area (Å²) in [6.07, 6.45) is 0. The van der Waals surface area contributed by atoms with Crippen molar-refractivity contribution in [3.8, 4) is 45.6 Å². The fourth-order valence-corrected chi connectivity index (χ4v) is 6.88. The molecule has 0 radical (unpaired) electrons. The summed E-state index contributed by atoms with van der Waals surface area (Å²) in [6, 6.07) is 50.6. The van der Waals surface area contributed by atoms with E-state index < -0.39 is 35.8 Å². The van der Waals surface area contributed by atoms with Crippen molar-refractivity contribution in [2.24, 2.45) is 0 Å². The van der Waals surface area contributed by atoms with Crippen molar-refractivity contribution in [3.63, 3.8) is 0 Å². The van der Waals surface area contributed by atoms with E-state index in [9.17, 15) is 39.0 Å². The lowest BCUT2D eigenvalue weighted by Gasteiger charge is -2.08. The number of phenolic OH excluding ortho intramolecular Hbond substituents is 2. The second-order valence-corrected chi connectivity index (χ2v) is 15.3. The Balaban J connectivity index is 0.000000191. The monoisotopic (exact) mass is 932 g/mol. The lowest BCUT2D eigenvalue weighted by molar-refractivity contribution is 0.0686. The number of phenols is 2. The molecule has 14 heteroatoms. The van der Waals surface area contributed by atoms with Crippen LogP contribution in [-0.4, -0.2) is 56.2 Å². The van der Waals surface area contributed by atoms with Gasteiger partial charge in [-0.1, -0.05) is 48.5 Å². The molecule has 9 aromatic rings. The average molecular weight is 933 g/mol. The van der Waals surface area contributed by atoms with Gasteiger partial charge in [-0.25, -0.2) is 28.8 Å². The molecule has 0 unspecified atom stereocenters. The molecule has 0 aromatic heterocycles. The Bertz CT molecular complexity index is 3440. The number of ether oxygens (including phenoxy) is 4. The highest BCUT2D eigenvalue weighted by Crippen LogP contribution is 2.28. The minimum absolute atomic E-state index is 0.0455. The van der Waals surface area contributed by atoms with Crippen molar-refractivity contribution in [3.05, 3.63) is 228 Å². The molecule has 14 nitrogen and oxygen atoms in total. The van der Waals surface area contributed by atoms with Crippen LogP contribution in [-0.2, 0) is 0 Å². The fourth-order valence-electron chi connectivity index (χ4n) is 6.88. The van der Waals surface area contributed by atoms with Gasteiger partial charge in [0.25, 0.3) is 0 Å². The van der Waals surface area contributed by atoms with Gasteiger partial charge < -0.3 is 39.4 Å². The zero-order chi connectivity index (χ0) is 49.3. The first-order valence-electron chi connectivity index (χ1n) is 21.1. The molecule has 9 aromatic carbocycles. The van der Waals surface area contributed by atoms with Crippen LogP contribution in [0.1, 0.15) is 62.1 Å². The van der Waals surface area contributed by atoms with Gasteiger partial charge in [0.1, 0.15) is 34.5 Å². The first kappa shape index (κ1) is 46.4. The van der Waals surface area contributed by atoms with Crippen LogP contribution in [0.4, 0.5) is 0 Å². The van der Waals surface area contributed by atoms with Gasteiger partial charge in [-0.2, -0.15) is 0 Å². The first-order valence-corrected chi connectivity index (χ1v) is 21.1. The summed E-state index contributed by atoms with van der Waals surface area (Å²) < 4.78 is 21.5. The van der Waals surface area contributed by atoms with Crippen molar-refractivity contribution in [1.29, 1.82) is 0 Å².